The summed E-state index contributed by atoms with van der Waals surface area (Å²) in [5, 5.41) is 0. The van der Waals surface area contributed by atoms with Gasteiger partial charge in [0.15, 0.2) is 0 Å². The zero-order valence-corrected chi connectivity index (χ0v) is 39.7. The van der Waals surface area contributed by atoms with Crippen LogP contribution in [-0.4, -0.2) is 0 Å². The maximum Gasteiger partial charge on any atom is -0.00810 e. The summed E-state index contributed by atoms with van der Waals surface area (Å²) in [6.07, 6.45) is 9.75. The molecule has 0 aliphatic carbocycles. The van der Waals surface area contributed by atoms with Crippen LogP contribution >= 0.6 is 0 Å². The zero-order valence-electron chi connectivity index (χ0n) is 39.7. The van der Waals surface area contributed by atoms with Crippen LogP contribution in [0.1, 0.15) is 56.8 Å². The van der Waals surface area contributed by atoms with Crippen molar-refractivity contribution in [2.24, 2.45) is 0 Å². The highest BCUT2D eigenvalue weighted by Gasteiger charge is 2.15. The van der Waals surface area contributed by atoms with Crippen molar-refractivity contribution in [1.82, 2.24) is 0 Å². The van der Waals surface area contributed by atoms with Crippen LogP contribution in [0.4, 0.5) is 0 Å². The van der Waals surface area contributed by atoms with E-state index in [0.29, 0.717) is 5.92 Å². The molecule has 0 nitrogen and oxygen atoms in total. The van der Waals surface area contributed by atoms with Crippen LogP contribution in [0.15, 0.2) is 267 Å². The highest BCUT2D eigenvalue weighted by Crippen LogP contribution is 2.30. The van der Waals surface area contributed by atoms with Crippen LogP contribution in [0.5, 0.6) is 0 Å². The molecule has 0 radical (unpaired) electrons. The van der Waals surface area contributed by atoms with Gasteiger partial charge in [-0.05, 0) is 128 Å². The van der Waals surface area contributed by atoms with Crippen LogP contribution in [-0.2, 0) is 25.7 Å². The van der Waals surface area contributed by atoms with Gasteiger partial charge in [0.1, 0.15) is 0 Å². The van der Waals surface area contributed by atoms with Crippen LogP contribution in [0.25, 0.3) is 56.7 Å². The normalized spacial score (nSPS) is 11.4. The smallest absolute Gasteiger partial charge is 0.00810 e. The molecular weight excluding hydrogens is 829 g/mol. The highest BCUT2D eigenvalue weighted by molar-refractivity contribution is 5.70. The fraction of sp³-hybridized carbons (Fsp3) is 0.101. The van der Waals surface area contributed by atoms with Crippen LogP contribution in [0, 0.1) is 6.92 Å². The van der Waals surface area contributed by atoms with Crippen molar-refractivity contribution >= 4 is 12.2 Å². The van der Waals surface area contributed by atoms with E-state index in [-0.39, 0.29) is 0 Å². The highest BCUT2D eigenvalue weighted by atomic mass is 14.2. The molecule has 0 aromatic heterocycles. The maximum atomic E-state index is 2.33. The Balaban J connectivity index is 0.000000392. The van der Waals surface area contributed by atoms with E-state index in [1.165, 1.54) is 89.0 Å². The molecule has 0 saturated heterocycles. The minimum absolute atomic E-state index is 0.363. The molecule has 0 heteroatoms. The summed E-state index contributed by atoms with van der Waals surface area (Å²) in [6.45, 7) is 2.11. The SMILES string of the molecule is C(=C\c1ccc(CC(Cc2ccc(-c3ccccc3)cc2)c2ccc(-c3ccccc3)cc2)cc1)/c1ccc(CCCc2ccc(-c3ccccc3)cc2)cc1.Cc1ccc(-c2ccccc2)cc1. The number of aryl methyl sites for hydroxylation is 3. The first kappa shape index (κ1) is 46.1. The van der Waals surface area contributed by atoms with E-state index in [0.717, 1.165) is 32.1 Å². The lowest BCUT2D eigenvalue weighted by Gasteiger charge is -2.19. The molecule has 0 aliphatic heterocycles. The second kappa shape index (κ2) is 23.6. The summed E-state index contributed by atoms with van der Waals surface area (Å²) >= 11 is 0. The molecular formula is C69H60. The third kappa shape index (κ3) is 13.3. The van der Waals surface area contributed by atoms with E-state index >= 15 is 0 Å². The number of hydrogen-bond acceptors (Lipinski definition) is 0. The summed E-state index contributed by atoms with van der Waals surface area (Å²) in [4.78, 5) is 0. The zero-order chi connectivity index (χ0) is 46.9. The molecule has 0 heterocycles. The lowest BCUT2D eigenvalue weighted by molar-refractivity contribution is 0.680. The second-order valence-corrected chi connectivity index (χ2v) is 18.1. The van der Waals surface area contributed by atoms with Gasteiger partial charge >= 0.3 is 0 Å². The molecule has 0 fully saturated rings. The molecule has 0 N–H and O–H groups in total. The quantitative estimate of drug-likeness (QED) is 0.0900. The molecule has 0 spiro atoms. The lowest BCUT2D eigenvalue weighted by atomic mass is 9.85. The predicted octanol–water partition coefficient (Wildman–Crippen LogP) is 18.3. The van der Waals surface area contributed by atoms with Crippen LogP contribution in [0.3, 0.4) is 0 Å². The van der Waals surface area contributed by atoms with Crippen molar-refractivity contribution in [3.63, 3.8) is 0 Å². The Morgan fingerprint density at radius 2 is 0.551 bits per heavy atom. The molecule has 0 aliphatic rings. The third-order valence-corrected chi connectivity index (χ3v) is 13.1. The van der Waals surface area contributed by atoms with Gasteiger partial charge < -0.3 is 0 Å². The Labute approximate surface area is 411 Å². The van der Waals surface area contributed by atoms with Crippen molar-refractivity contribution in [2.45, 2.75) is 44.9 Å². The Morgan fingerprint density at radius 1 is 0.275 bits per heavy atom. The van der Waals surface area contributed by atoms with Gasteiger partial charge in [-0.3, -0.25) is 0 Å². The number of hydrogen-bond donors (Lipinski definition) is 0. The summed E-state index contributed by atoms with van der Waals surface area (Å²) in [5.74, 6) is 0.363. The van der Waals surface area contributed by atoms with E-state index in [4.69, 9.17) is 0 Å². The molecule has 10 aromatic carbocycles. The molecule has 69 heavy (non-hydrogen) atoms. The van der Waals surface area contributed by atoms with Crippen molar-refractivity contribution in [3.8, 4) is 44.5 Å². The van der Waals surface area contributed by atoms with E-state index in [1.807, 2.05) is 6.07 Å². The van der Waals surface area contributed by atoms with Crippen molar-refractivity contribution in [3.05, 3.63) is 311 Å². The van der Waals surface area contributed by atoms with Gasteiger partial charge in [0, 0.05) is 0 Å². The second-order valence-electron chi connectivity index (χ2n) is 18.1. The minimum Gasteiger partial charge on any atom is -0.0622 e. The standard InChI is InChI=1S/C56H48.C13H12/c1-4-13-49(14-5-1)52-33-29-44(30-34-52)12-10-11-43-19-21-45(22-20-43)23-24-46-25-27-47(28-26-46)41-56(55-39-37-54(38-40-55)51-17-8-3-9-18-51)42-48-31-35-53(36-32-48)50-15-6-2-7-16-50;1-11-7-9-13(10-8-11)12-5-3-2-4-6-12/h1-9,13-40,56H,10-12,41-42H2;2-10H,1H3/b24-23+;. The Hall–Kier alpha value is -8.06. The fourth-order valence-electron chi connectivity index (χ4n) is 9.04. The molecule has 0 amide bonds. The average Bonchev–Trinajstić information content (AvgIpc) is 3.43. The van der Waals surface area contributed by atoms with E-state index in [2.05, 4.69) is 280 Å². The first-order valence-corrected chi connectivity index (χ1v) is 24.5. The Bertz CT molecular complexity index is 3080. The van der Waals surface area contributed by atoms with Gasteiger partial charge in [-0.25, -0.2) is 0 Å². The molecule has 1 unspecified atom stereocenters. The number of rotatable bonds is 15. The Morgan fingerprint density at radius 3 is 0.913 bits per heavy atom. The topological polar surface area (TPSA) is 0 Å². The molecule has 336 valence electrons. The van der Waals surface area contributed by atoms with E-state index in [9.17, 15) is 0 Å². The third-order valence-electron chi connectivity index (χ3n) is 13.1. The van der Waals surface area contributed by atoms with Crippen molar-refractivity contribution in [2.75, 3.05) is 0 Å². The maximum absolute atomic E-state index is 2.33. The summed E-state index contributed by atoms with van der Waals surface area (Å²) in [7, 11) is 0. The molecule has 0 bridgehead atoms. The van der Waals surface area contributed by atoms with E-state index in [1.54, 1.807) is 0 Å². The number of benzene rings is 10. The largest absolute Gasteiger partial charge is 0.0622 e. The fourth-order valence-corrected chi connectivity index (χ4v) is 9.04. The molecule has 1 atom stereocenters. The van der Waals surface area contributed by atoms with E-state index < -0.39 is 0 Å². The monoisotopic (exact) mass is 888 g/mol. The first-order valence-electron chi connectivity index (χ1n) is 24.5. The molecule has 10 aromatic rings. The van der Waals surface area contributed by atoms with Gasteiger partial charge in [-0.2, -0.15) is 0 Å². The van der Waals surface area contributed by atoms with Gasteiger partial charge in [0.25, 0.3) is 0 Å². The average molecular weight is 889 g/mol. The minimum atomic E-state index is 0.363. The van der Waals surface area contributed by atoms with Crippen LogP contribution in [0.2, 0.25) is 0 Å². The van der Waals surface area contributed by atoms with Gasteiger partial charge in [0.05, 0.1) is 0 Å². The summed E-state index contributed by atoms with van der Waals surface area (Å²) < 4.78 is 0. The molecule has 0 saturated carbocycles. The first-order chi connectivity index (χ1) is 34.1. The lowest BCUT2D eigenvalue weighted by Crippen LogP contribution is -2.07. The van der Waals surface area contributed by atoms with Gasteiger partial charge in [-0.15, -0.1) is 0 Å². The summed E-state index contributed by atoms with van der Waals surface area (Å²) in [5.41, 5.74) is 20.8. The van der Waals surface area contributed by atoms with Crippen LogP contribution < -0.4 is 0 Å². The molecule has 10 rings (SSSR count). The predicted molar refractivity (Wildman–Crippen MR) is 296 cm³/mol. The Kier molecular flexibility index (Phi) is 15.8. The van der Waals surface area contributed by atoms with Crippen molar-refractivity contribution < 1.29 is 0 Å². The van der Waals surface area contributed by atoms with Crippen molar-refractivity contribution in [1.29, 1.82) is 0 Å². The van der Waals surface area contributed by atoms with Gasteiger partial charge in [-0.1, -0.05) is 285 Å². The summed E-state index contributed by atoms with van der Waals surface area (Å²) in [6, 6.07) is 96.5. The van der Waals surface area contributed by atoms with Gasteiger partial charge in [0.2, 0.25) is 0 Å².